The van der Waals surface area contributed by atoms with Crippen molar-refractivity contribution in [2.75, 3.05) is 37.2 Å². The van der Waals surface area contributed by atoms with Crippen LogP contribution in [0.15, 0.2) is 53.5 Å². The Morgan fingerprint density at radius 3 is 2.08 bits per heavy atom. The number of nitrogens with one attached hydrogen (secondary N) is 3. The average Bonchev–Trinajstić information content (AvgIpc) is 3.11. The van der Waals surface area contributed by atoms with Gasteiger partial charge in [-0.25, -0.2) is 0 Å². The number of benzene rings is 2. The van der Waals surface area contributed by atoms with Gasteiger partial charge in [0.25, 0.3) is 0 Å². The fourth-order valence-electron chi connectivity index (χ4n) is 2.49. The summed E-state index contributed by atoms with van der Waals surface area (Å²) in [5.74, 6) is 0.813. The lowest BCUT2D eigenvalue weighted by atomic mass is 10.0. The van der Waals surface area contributed by atoms with Gasteiger partial charge in [0.15, 0.2) is 5.96 Å². The molecule has 1 aliphatic heterocycles. The molecule has 1 heterocycles. The molecule has 2 aromatic rings. The second-order valence-corrected chi connectivity index (χ2v) is 8.13. The highest BCUT2D eigenvalue weighted by atomic mass is 32.2. The number of aliphatic imine (C=N–C) groups is 1. The molecule has 2 aromatic carbocycles. The maximum Gasteiger partial charge on any atom is 0.301 e. The molecule has 26 heavy (non-hydrogen) atoms. The lowest BCUT2D eigenvalue weighted by Gasteiger charge is -2.13. The van der Waals surface area contributed by atoms with E-state index in [1.807, 2.05) is 24.3 Å². The molecule has 7 nitrogen and oxygen atoms in total. The van der Waals surface area contributed by atoms with Gasteiger partial charge < -0.3 is 10.6 Å². The van der Waals surface area contributed by atoms with E-state index in [0.29, 0.717) is 5.69 Å². The molecule has 0 spiro atoms. The molecule has 1 aliphatic rings. The number of guanidine groups is 1. The monoisotopic (exact) mass is 373 g/mol. The molecule has 0 amide bonds. The van der Waals surface area contributed by atoms with E-state index in [-0.39, 0.29) is 0 Å². The number of hydrogen-bond acceptors (Lipinski definition) is 5. The van der Waals surface area contributed by atoms with Crippen molar-refractivity contribution in [1.29, 1.82) is 0 Å². The average molecular weight is 373 g/mol. The third-order valence-corrected chi connectivity index (χ3v) is 5.44. The van der Waals surface area contributed by atoms with Crippen molar-refractivity contribution in [2.24, 2.45) is 4.99 Å². The summed E-state index contributed by atoms with van der Waals surface area (Å²) in [5.41, 5.74) is 3.83. The van der Waals surface area contributed by atoms with Crippen LogP contribution in [0.4, 0.5) is 11.4 Å². The van der Waals surface area contributed by atoms with E-state index in [2.05, 4.69) is 32.5 Å². The molecule has 0 fully saturated rings. The van der Waals surface area contributed by atoms with Crippen LogP contribution in [-0.2, 0) is 16.6 Å². The molecule has 0 saturated heterocycles. The van der Waals surface area contributed by atoms with Crippen LogP contribution in [0.5, 0.6) is 0 Å². The van der Waals surface area contributed by atoms with E-state index in [4.69, 9.17) is 0 Å². The van der Waals surface area contributed by atoms with E-state index in [1.54, 1.807) is 12.1 Å². The topological polar surface area (TPSA) is 85.8 Å². The van der Waals surface area contributed by atoms with Gasteiger partial charge in [-0.1, -0.05) is 24.3 Å². The summed E-state index contributed by atoms with van der Waals surface area (Å²) < 4.78 is 27.3. The van der Waals surface area contributed by atoms with Crippen molar-refractivity contribution in [2.45, 2.75) is 6.42 Å². The van der Waals surface area contributed by atoms with Crippen molar-refractivity contribution in [3.63, 3.8) is 0 Å². The lowest BCUT2D eigenvalue weighted by Crippen LogP contribution is -2.28. The summed E-state index contributed by atoms with van der Waals surface area (Å²) in [6.45, 7) is 1.68. The van der Waals surface area contributed by atoms with Gasteiger partial charge >= 0.3 is 10.2 Å². The minimum atomic E-state index is -3.48. The molecule has 0 unspecified atom stereocenters. The van der Waals surface area contributed by atoms with Crippen molar-refractivity contribution in [1.82, 2.24) is 9.62 Å². The summed E-state index contributed by atoms with van der Waals surface area (Å²) in [7, 11) is -0.495. The van der Waals surface area contributed by atoms with E-state index in [1.165, 1.54) is 19.7 Å². The highest BCUT2D eigenvalue weighted by Crippen LogP contribution is 2.17. The normalized spacial score (nSPS) is 14.0. The van der Waals surface area contributed by atoms with Crippen molar-refractivity contribution >= 4 is 27.5 Å². The fraction of sp³-hybridized carbons (Fsp3) is 0.278. The largest absolute Gasteiger partial charge is 0.354 e. The summed E-state index contributed by atoms with van der Waals surface area (Å²) in [4.78, 5) is 4.31. The third-order valence-electron chi connectivity index (χ3n) is 3.98. The first-order valence-corrected chi connectivity index (χ1v) is 9.80. The first-order chi connectivity index (χ1) is 12.4. The molecule has 3 rings (SSSR count). The molecule has 3 N–H and O–H groups in total. The summed E-state index contributed by atoms with van der Waals surface area (Å²) in [6.07, 6.45) is 0.778. The van der Waals surface area contributed by atoms with E-state index in [9.17, 15) is 8.42 Å². The number of nitrogens with zero attached hydrogens (tertiary/aromatic N) is 2. The number of anilines is 2. The first kappa shape index (κ1) is 18.2. The Morgan fingerprint density at radius 2 is 1.58 bits per heavy atom. The SMILES string of the molecule is CN(C)S(=O)(=O)Nc1ccc(Cc2ccc(NC3=NCCN3)cc2)cc1. The molecule has 0 atom stereocenters. The first-order valence-electron chi connectivity index (χ1n) is 8.36. The predicted octanol–water partition coefficient (Wildman–Crippen LogP) is 1.87. The number of rotatable bonds is 6. The summed E-state index contributed by atoms with van der Waals surface area (Å²) in [6, 6.07) is 15.6. The van der Waals surface area contributed by atoms with E-state index >= 15 is 0 Å². The minimum Gasteiger partial charge on any atom is -0.354 e. The molecule has 0 bridgehead atoms. The van der Waals surface area contributed by atoms with Crippen LogP contribution in [0.25, 0.3) is 0 Å². The molecule has 138 valence electrons. The zero-order valence-corrected chi connectivity index (χ0v) is 15.7. The zero-order valence-electron chi connectivity index (χ0n) is 14.9. The second kappa shape index (κ2) is 7.76. The Bertz CT molecular complexity index is 875. The summed E-state index contributed by atoms with van der Waals surface area (Å²) >= 11 is 0. The maximum atomic E-state index is 11.8. The molecule has 0 aromatic heterocycles. The molecular weight excluding hydrogens is 350 g/mol. The second-order valence-electron chi connectivity index (χ2n) is 6.24. The van der Waals surface area contributed by atoms with Crippen molar-refractivity contribution < 1.29 is 8.42 Å². The molecule has 0 saturated carbocycles. The van der Waals surface area contributed by atoms with Crippen LogP contribution in [0.1, 0.15) is 11.1 Å². The molecule has 0 aliphatic carbocycles. The molecule has 8 heteroatoms. The van der Waals surface area contributed by atoms with Crippen LogP contribution in [-0.4, -0.2) is 45.9 Å². The summed E-state index contributed by atoms with van der Waals surface area (Å²) in [5, 5.41) is 6.41. The van der Waals surface area contributed by atoms with Gasteiger partial charge in [0.1, 0.15) is 0 Å². The van der Waals surface area contributed by atoms with Crippen LogP contribution in [0, 0.1) is 0 Å². The van der Waals surface area contributed by atoms with Gasteiger partial charge in [0.05, 0.1) is 6.54 Å². The van der Waals surface area contributed by atoms with Gasteiger partial charge in [-0.3, -0.25) is 9.71 Å². The van der Waals surface area contributed by atoms with Crippen LogP contribution in [0.2, 0.25) is 0 Å². The highest BCUT2D eigenvalue weighted by molar-refractivity contribution is 7.90. The van der Waals surface area contributed by atoms with Gasteiger partial charge in [0.2, 0.25) is 0 Å². The van der Waals surface area contributed by atoms with Crippen LogP contribution < -0.4 is 15.4 Å². The Hall–Kier alpha value is -2.58. The Morgan fingerprint density at radius 1 is 1.00 bits per heavy atom. The van der Waals surface area contributed by atoms with E-state index in [0.717, 1.165) is 41.0 Å². The van der Waals surface area contributed by atoms with Crippen LogP contribution in [0.3, 0.4) is 0 Å². The van der Waals surface area contributed by atoms with Gasteiger partial charge in [-0.05, 0) is 41.8 Å². The fourth-order valence-corrected chi connectivity index (χ4v) is 3.11. The number of hydrogen-bond donors (Lipinski definition) is 3. The van der Waals surface area contributed by atoms with Crippen molar-refractivity contribution in [3.05, 3.63) is 59.7 Å². The highest BCUT2D eigenvalue weighted by Gasteiger charge is 2.12. The maximum absolute atomic E-state index is 11.8. The van der Waals surface area contributed by atoms with Gasteiger partial charge in [0, 0.05) is 32.0 Å². The van der Waals surface area contributed by atoms with E-state index < -0.39 is 10.2 Å². The Balaban J connectivity index is 1.60. The quantitative estimate of drug-likeness (QED) is 0.722. The predicted molar refractivity (Wildman–Crippen MR) is 106 cm³/mol. The smallest absolute Gasteiger partial charge is 0.301 e. The minimum absolute atomic E-state index is 0.548. The Kier molecular flexibility index (Phi) is 5.43. The van der Waals surface area contributed by atoms with Crippen LogP contribution >= 0.6 is 0 Å². The molecular formula is C18H23N5O2S. The van der Waals surface area contributed by atoms with Gasteiger partial charge in [-0.2, -0.15) is 12.7 Å². The third kappa shape index (κ3) is 4.74. The molecule has 0 radical (unpaired) electrons. The Labute approximate surface area is 154 Å². The van der Waals surface area contributed by atoms with Crippen molar-refractivity contribution in [3.8, 4) is 0 Å². The zero-order chi connectivity index (χ0) is 18.6. The standard InChI is InChI=1S/C18H23N5O2S/c1-23(2)26(24,25)22-17-9-5-15(6-10-17)13-14-3-7-16(8-4-14)21-18-19-11-12-20-18/h3-10,22H,11-13H2,1-2H3,(H2,19,20,21). The lowest BCUT2D eigenvalue weighted by molar-refractivity contribution is 0.527. The van der Waals surface area contributed by atoms with Gasteiger partial charge in [-0.15, -0.1) is 0 Å².